The Bertz CT molecular complexity index is 231. The normalized spacial score (nSPS) is 17.3. The summed E-state index contributed by atoms with van der Waals surface area (Å²) in [5.41, 5.74) is 0. The number of hydrogen-bond donors (Lipinski definition) is 0. The van der Waals surface area contributed by atoms with Crippen molar-refractivity contribution in [1.82, 2.24) is 0 Å². The second kappa shape index (κ2) is 3.97. The highest BCUT2D eigenvalue weighted by Gasteiger charge is 2.17. The molecule has 0 spiro atoms. The van der Waals surface area contributed by atoms with E-state index in [1.165, 1.54) is 10.6 Å². The van der Waals surface area contributed by atoms with Crippen LogP contribution in [0.15, 0.2) is 35.2 Å². The zero-order chi connectivity index (χ0) is 8.23. The molecule has 1 saturated heterocycles. The van der Waals surface area contributed by atoms with Crippen LogP contribution in [0.4, 0.5) is 0 Å². The smallest absolute Gasteiger partial charge is 0.0524 e. The zero-order valence-electron chi connectivity index (χ0n) is 6.90. The monoisotopic (exact) mass is 180 g/mol. The molecule has 12 heavy (non-hydrogen) atoms. The molecule has 1 fully saturated rings. The van der Waals surface area contributed by atoms with Gasteiger partial charge in [0.2, 0.25) is 0 Å². The molecule has 1 aliphatic heterocycles. The maximum Gasteiger partial charge on any atom is 0.0524 e. The SMILES string of the molecule is c1ccc(SCC2COC2)cc1. The Morgan fingerprint density at radius 1 is 1.25 bits per heavy atom. The Hall–Kier alpha value is -0.470. The fourth-order valence-corrected chi connectivity index (χ4v) is 2.08. The zero-order valence-corrected chi connectivity index (χ0v) is 7.72. The number of rotatable bonds is 3. The van der Waals surface area contributed by atoms with Crippen molar-refractivity contribution in [3.05, 3.63) is 30.3 Å². The minimum absolute atomic E-state index is 0.787. The van der Waals surface area contributed by atoms with Gasteiger partial charge in [0, 0.05) is 16.6 Å². The van der Waals surface area contributed by atoms with Gasteiger partial charge in [-0.15, -0.1) is 11.8 Å². The Balaban J connectivity index is 1.79. The average molecular weight is 180 g/mol. The first kappa shape index (κ1) is 8.14. The molecule has 1 nitrogen and oxygen atoms in total. The topological polar surface area (TPSA) is 9.23 Å². The van der Waals surface area contributed by atoms with E-state index in [2.05, 4.69) is 30.3 Å². The molecule has 0 radical (unpaired) electrons. The maximum absolute atomic E-state index is 5.11. The number of benzene rings is 1. The van der Waals surface area contributed by atoms with Crippen LogP contribution in [0, 0.1) is 5.92 Å². The van der Waals surface area contributed by atoms with E-state index in [4.69, 9.17) is 4.74 Å². The molecule has 0 bridgehead atoms. The van der Waals surface area contributed by atoms with Crippen LogP contribution in [0.1, 0.15) is 0 Å². The van der Waals surface area contributed by atoms with E-state index >= 15 is 0 Å². The van der Waals surface area contributed by atoms with Gasteiger partial charge in [0.25, 0.3) is 0 Å². The van der Waals surface area contributed by atoms with Crippen molar-refractivity contribution in [2.75, 3.05) is 19.0 Å². The number of thioether (sulfide) groups is 1. The fourth-order valence-electron chi connectivity index (χ4n) is 1.11. The summed E-state index contributed by atoms with van der Waals surface area (Å²) in [5, 5.41) is 0. The Morgan fingerprint density at radius 2 is 2.00 bits per heavy atom. The van der Waals surface area contributed by atoms with E-state index in [1.807, 2.05) is 11.8 Å². The third-order valence-corrected chi connectivity index (χ3v) is 3.18. The van der Waals surface area contributed by atoms with Crippen molar-refractivity contribution in [3.63, 3.8) is 0 Å². The van der Waals surface area contributed by atoms with E-state index in [-0.39, 0.29) is 0 Å². The lowest BCUT2D eigenvalue weighted by Gasteiger charge is -2.25. The van der Waals surface area contributed by atoms with Gasteiger partial charge in [0.15, 0.2) is 0 Å². The molecule has 1 aromatic carbocycles. The van der Waals surface area contributed by atoms with Gasteiger partial charge in [0.1, 0.15) is 0 Å². The van der Waals surface area contributed by atoms with Gasteiger partial charge in [-0.1, -0.05) is 18.2 Å². The van der Waals surface area contributed by atoms with E-state index in [9.17, 15) is 0 Å². The number of ether oxygens (including phenoxy) is 1. The highest BCUT2D eigenvalue weighted by molar-refractivity contribution is 7.99. The first-order valence-electron chi connectivity index (χ1n) is 4.21. The lowest BCUT2D eigenvalue weighted by atomic mass is 10.1. The molecule has 0 amide bonds. The molecule has 0 saturated carbocycles. The minimum Gasteiger partial charge on any atom is -0.381 e. The van der Waals surface area contributed by atoms with Crippen molar-refractivity contribution < 1.29 is 4.74 Å². The fraction of sp³-hybridized carbons (Fsp3) is 0.400. The maximum atomic E-state index is 5.11. The molecule has 0 aromatic heterocycles. The molecular formula is C10H12OS. The van der Waals surface area contributed by atoms with E-state index in [0.717, 1.165) is 19.1 Å². The van der Waals surface area contributed by atoms with Crippen molar-refractivity contribution in [2.45, 2.75) is 4.90 Å². The molecule has 2 rings (SSSR count). The summed E-state index contributed by atoms with van der Waals surface area (Å²) in [5.74, 6) is 1.99. The molecule has 0 unspecified atom stereocenters. The van der Waals surface area contributed by atoms with Gasteiger partial charge in [-0.05, 0) is 12.1 Å². The second-order valence-electron chi connectivity index (χ2n) is 3.03. The van der Waals surface area contributed by atoms with Crippen molar-refractivity contribution in [3.8, 4) is 0 Å². The van der Waals surface area contributed by atoms with Gasteiger partial charge in [-0.3, -0.25) is 0 Å². The van der Waals surface area contributed by atoms with E-state index in [1.54, 1.807) is 0 Å². The van der Waals surface area contributed by atoms with Crippen LogP contribution in [0.25, 0.3) is 0 Å². The van der Waals surface area contributed by atoms with E-state index in [0.29, 0.717) is 0 Å². The van der Waals surface area contributed by atoms with Gasteiger partial charge in [-0.2, -0.15) is 0 Å². The largest absolute Gasteiger partial charge is 0.381 e. The summed E-state index contributed by atoms with van der Waals surface area (Å²) in [6.45, 7) is 1.92. The number of hydrogen-bond acceptors (Lipinski definition) is 2. The van der Waals surface area contributed by atoms with Gasteiger partial charge in [0.05, 0.1) is 13.2 Å². The van der Waals surface area contributed by atoms with Crippen LogP contribution in [0.2, 0.25) is 0 Å². The Kier molecular flexibility index (Phi) is 2.69. The van der Waals surface area contributed by atoms with Crippen LogP contribution in [0.5, 0.6) is 0 Å². The highest BCUT2D eigenvalue weighted by atomic mass is 32.2. The van der Waals surface area contributed by atoms with Crippen molar-refractivity contribution >= 4 is 11.8 Å². The molecular weight excluding hydrogens is 168 g/mol. The van der Waals surface area contributed by atoms with Crippen LogP contribution >= 0.6 is 11.8 Å². The lowest BCUT2D eigenvalue weighted by molar-refractivity contribution is -0.0196. The summed E-state index contributed by atoms with van der Waals surface area (Å²) in [7, 11) is 0. The van der Waals surface area contributed by atoms with Crippen LogP contribution in [-0.2, 0) is 4.74 Å². The molecule has 64 valence electrons. The first-order valence-corrected chi connectivity index (χ1v) is 5.19. The summed E-state index contributed by atoms with van der Waals surface area (Å²) in [6.07, 6.45) is 0. The molecule has 0 N–H and O–H groups in total. The van der Waals surface area contributed by atoms with Crippen LogP contribution in [0.3, 0.4) is 0 Å². The summed E-state index contributed by atoms with van der Waals surface area (Å²) in [6, 6.07) is 10.5. The summed E-state index contributed by atoms with van der Waals surface area (Å²) >= 11 is 1.92. The molecule has 2 heteroatoms. The summed E-state index contributed by atoms with van der Waals surface area (Å²) in [4.78, 5) is 1.37. The molecule has 0 atom stereocenters. The lowest BCUT2D eigenvalue weighted by Crippen LogP contribution is -2.29. The van der Waals surface area contributed by atoms with Crippen molar-refractivity contribution in [2.24, 2.45) is 5.92 Å². The Morgan fingerprint density at radius 3 is 2.58 bits per heavy atom. The second-order valence-corrected chi connectivity index (χ2v) is 4.12. The van der Waals surface area contributed by atoms with Crippen LogP contribution < -0.4 is 0 Å². The Labute approximate surface area is 77.1 Å². The minimum atomic E-state index is 0.787. The standard InChI is InChI=1S/C10H12OS/c1-2-4-10(5-3-1)12-8-9-6-11-7-9/h1-5,9H,6-8H2. The average Bonchev–Trinajstić information content (AvgIpc) is 2.04. The molecule has 1 aliphatic rings. The highest BCUT2D eigenvalue weighted by Crippen LogP contribution is 2.23. The predicted octanol–water partition coefficient (Wildman–Crippen LogP) is 2.43. The van der Waals surface area contributed by atoms with Gasteiger partial charge < -0.3 is 4.74 Å². The summed E-state index contributed by atoms with van der Waals surface area (Å²) < 4.78 is 5.11. The first-order chi connectivity index (χ1) is 5.95. The quantitative estimate of drug-likeness (QED) is 0.661. The molecule has 1 aromatic rings. The third kappa shape index (κ3) is 2.02. The van der Waals surface area contributed by atoms with E-state index < -0.39 is 0 Å². The molecule has 1 heterocycles. The third-order valence-electron chi connectivity index (χ3n) is 1.94. The van der Waals surface area contributed by atoms with Crippen molar-refractivity contribution in [1.29, 1.82) is 0 Å². The predicted molar refractivity (Wildman–Crippen MR) is 51.5 cm³/mol. The molecule has 0 aliphatic carbocycles. The van der Waals surface area contributed by atoms with Gasteiger partial charge in [-0.25, -0.2) is 0 Å². The van der Waals surface area contributed by atoms with Crippen LogP contribution in [-0.4, -0.2) is 19.0 Å². The van der Waals surface area contributed by atoms with Gasteiger partial charge >= 0.3 is 0 Å².